The van der Waals surface area contributed by atoms with Crippen LogP contribution in [0.5, 0.6) is 17.2 Å². The van der Waals surface area contributed by atoms with Crippen molar-refractivity contribution in [2.75, 3.05) is 11.5 Å². The second-order valence-electron chi connectivity index (χ2n) is 9.65. The first-order valence-corrected chi connectivity index (χ1v) is 15.5. The molecule has 230 valence electrons. The highest BCUT2D eigenvalue weighted by atomic mass is 79.9. The number of rotatable bonds is 10. The molecule has 45 heavy (non-hydrogen) atoms. The van der Waals surface area contributed by atoms with E-state index in [9.17, 15) is 14.4 Å². The largest absolute Gasteiger partial charge is 0.490 e. The number of carbonyl (C=O) groups excluding carboxylic acids is 3. The monoisotopic (exact) mass is 728 g/mol. The third-order valence-corrected chi connectivity index (χ3v) is 7.97. The maximum Gasteiger partial charge on any atom is 0.335 e. The maximum atomic E-state index is 13.5. The Kier molecular flexibility index (Phi) is 10.4. The van der Waals surface area contributed by atoms with Crippen molar-refractivity contribution in [2.24, 2.45) is 0 Å². The van der Waals surface area contributed by atoms with Crippen molar-refractivity contribution in [3.63, 3.8) is 0 Å². The van der Waals surface area contributed by atoms with E-state index < -0.39 is 17.8 Å². The number of nitrogens with one attached hydrogen (secondary N) is 1. The minimum absolute atomic E-state index is 0.137. The number of benzene rings is 4. The minimum atomic E-state index is -0.863. The molecule has 1 aliphatic heterocycles. The average Bonchev–Trinajstić information content (AvgIpc) is 3.00. The van der Waals surface area contributed by atoms with Crippen molar-refractivity contribution >= 4 is 80.3 Å². The molecule has 5 rings (SSSR count). The molecule has 1 heterocycles. The number of nitrogens with zero attached hydrogens (tertiary/aromatic N) is 1. The lowest BCUT2D eigenvalue weighted by molar-refractivity contribution is -0.122. The smallest absolute Gasteiger partial charge is 0.335 e. The molecule has 1 aliphatic rings. The predicted molar refractivity (Wildman–Crippen MR) is 177 cm³/mol. The third kappa shape index (κ3) is 7.80. The van der Waals surface area contributed by atoms with Crippen LogP contribution in [0.15, 0.2) is 88.9 Å². The molecular formula is C33H24BrCl3N2O6. The fourth-order valence-electron chi connectivity index (χ4n) is 4.36. The summed E-state index contributed by atoms with van der Waals surface area (Å²) in [5.41, 5.74) is 2.12. The highest BCUT2D eigenvalue weighted by Crippen LogP contribution is 2.39. The lowest BCUT2D eigenvalue weighted by Crippen LogP contribution is -2.54. The van der Waals surface area contributed by atoms with Crippen LogP contribution in [0, 0.1) is 0 Å². The first-order valence-electron chi connectivity index (χ1n) is 13.5. The molecule has 4 amide bonds. The Labute approximate surface area is 282 Å². The van der Waals surface area contributed by atoms with Crippen molar-refractivity contribution in [1.82, 2.24) is 5.32 Å². The second-order valence-corrected chi connectivity index (χ2v) is 11.8. The summed E-state index contributed by atoms with van der Waals surface area (Å²) in [7, 11) is 0. The predicted octanol–water partition coefficient (Wildman–Crippen LogP) is 8.63. The van der Waals surface area contributed by atoms with Gasteiger partial charge in [0.1, 0.15) is 24.5 Å². The number of ether oxygens (including phenoxy) is 3. The van der Waals surface area contributed by atoms with Crippen molar-refractivity contribution in [2.45, 2.75) is 20.1 Å². The number of hydrogen-bond acceptors (Lipinski definition) is 6. The number of carbonyl (C=O) groups is 3. The van der Waals surface area contributed by atoms with Gasteiger partial charge in [-0.3, -0.25) is 14.9 Å². The van der Waals surface area contributed by atoms with Gasteiger partial charge >= 0.3 is 6.03 Å². The zero-order chi connectivity index (χ0) is 32.1. The van der Waals surface area contributed by atoms with E-state index in [-0.39, 0.29) is 17.9 Å². The Morgan fingerprint density at radius 3 is 2.22 bits per heavy atom. The summed E-state index contributed by atoms with van der Waals surface area (Å²) in [6.45, 7) is 2.58. The van der Waals surface area contributed by atoms with Crippen molar-refractivity contribution in [1.29, 1.82) is 0 Å². The van der Waals surface area contributed by atoms with E-state index in [4.69, 9.17) is 49.0 Å². The number of urea groups is 1. The van der Waals surface area contributed by atoms with Gasteiger partial charge in [-0.2, -0.15) is 0 Å². The SMILES string of the molecule is CCOc1cc(/C=C2\C(=O)NC(=O)N(c3ccc(OCc4ccc(Cl)cc4)cc3)C2=O)cc(Br)c1OCc1ccc(Cl)cc1Cl. The van der Waals surface area contributed by atoms with Crippen molar-refractivity contribution < 1.29 is 28.6 Å². The molecule has 0 spiro atoms. The molecule has 0 radical (unpaired) electrons. The van der Waals surface area contributed by atoms with E-state index in [1.54, 1.807) is 66.7 Å². The van der Waals surface area contributed by atoms with E-state index in [0.29, 0.717) is 55.6 Å². The van der Waals surface area contributed by atoms with Gasteiger partial charge in [-0.1, -0.05) is 53.0 Å². The Hall–Kier alpha value is -4.02. The topological polar surface area (TPSA) is 94.2 Å². The summed E-state index contributed by atoms with van der Waals surface area (Å²) in [5.74, 6) is -0.310. The molecule has 0 aliphatic carbocycles. The van der Waals surface area contributed by atoms with E-state index in [2.05, 4.69) is 21.2 Å². The van der Waals surface area contributed by atoms with Crippen molar-refractivity contribution in [3.8, 4) is 17.2 Å². The zero-order valence-electron chi connectivity index (χ0n) is 23.6. The summed E-state index contributed by atoms with van der Waals surface area (Å²) in [5, 5.41) is 3.83. The number of hydrogen-bond donors (Lipinski definition) is 1. The Morgan fingerprint density at radius 2 is 1.53 bits per heavy atom. The summed E-state index contributed by atoms with van der Waals surface area (Å²) in [6, 6.07) is 21.2. The minimum Gasteiger partial charge on any atom is -0.490 e. The summed E-state index contributed by atoms with van der Waals surface area (Å²) < 4.78 is 18.1. The third-order valence-electron chi connectivity index (χ3n) is 6.55. The molecule has 4 aromatic rings. The molecule has 12 heteroatoms. The Morgan fingerprint density at radius 1 is 0.822 bits per heavy atom. The van der Waals surface area contributed by atoms with Gasteiger partial charge in [-0.15, -0.1) is 0 Å². The quantitative estimate of drug-likeness (QED) is 0.130. The number of imide groups is 2. The number of amides is 4. The van der Waals surface area contributed by atoms with Crippen LogP contribution in [0.3, 0.4) is 0 Å². The van der Waals surface area contributed by atoms with E-state index in [1.807, 2.05) is 19.1 Å². The Bertz CT molecular complexity index is 1800. The normalized spacial score (nSPS) is 14.0. The van der Waals surface area contributed by atoms with Crippen LogP contribution in [0.25, 0.3) is 6.08 Å². The molecule has 0 atom stereocenters. The molecule has 1 N–H and O–H groups in total. The first-order chi connectivity index (χ1) is 21.6. The highest BCUT2D eigenvalue weighted by Gasteiger charge is 2.37. The van der Waals surface area contributed by atoms with Gasteiger partial charge in [0.25, 0.3) is 11.8 Å². The molecule has 0 aromatic heterocycles. The molecule has 1 saturated heterocycles. The molecule has 1 fully saturated rings. The van der Waals surface area contributed by atoms with Gasteiger partial charge < -0.3 is 14.2 Å². The average molecular weight is 731 g/mol. The molecule has 0 unspecified atom stereocenters. The van der Waals surface area contributed by atoms with Gasteiger partial charge in [-0.05, 0) is 101 Å². The van der Waals surface area contributed by atoms with Gasteiger partial charge in [0, 0.05) is 20.6 Å². The highest BCUT2D eigenvalue weighted by molar-refractivity contribution is 9.10. The summed E-state index contributed by atoms with van der Waals surface area (Å²) >= 11 is 21.7. The Balaban J connectivity index is 1.35. The molecule has 8 nitrogen and oxygen atoms in total. The van der Waals surface area contributed by atoms with Crippen LogP contribution < -0.4 is 24.4 Å². The van der Waals surface area contributed by atoms with Crippen LogP contribution in [-0.4, -0.2) is 24.5 Å². The van der Waals surface area contributed by atoms with E-state index >= 15 is 0 Å². The van der Waals surface area contributed by atoms with Crippen LogP contribution in [0.4, 0.5) is 10.5 Å². The van der Waals surface area contributed by atoms with E-state index in [1.165, 1.54) is 6.08 Å². The second kappa shape index (κ2) is 14.4. The standard InChI is InChI=1S/C33H24BrCl3N2O6/c1-2-43-29-15-20(14-27(34)30(29)45-18-21-5-8-23(36)16-28(21)37)13-26-31(40)38-33(42)39(32(26)41)24-9-11-25(12-10-24)44-17-19-3-6-22(35)7-4-19/h3-16H,2,17-18H2,1H3,(H,38,40,42)/b26-13+. The van der Waals surface area contributed by atoms with Gasteiger partial charge in [-0.25, -0.2) is 9.69 Å². The van der Waals surface area contributed by atoms with Crippen LogP contribution >= 0.6 is 50.7 Å². The number of halogens is 4. The molecular weight excluding hydrogens is 707 g/mol. The maximum absolute atomic E-state index is 13.5. The van der Waals surface area contributed by atoms with Crippen LogP contribution in [0.1, 0.15) is 23.6 Å². The number of barbiturate groups is 1. The van der Waals surface area contributed by atoms with Gasteiger partial charge in [0.15, 0.2) is 11.5 Å². The van der Waals surface area contributed by atoms with Crippen molar-refractivity contribution in [3.05, 3.63) is 121 Å². The van der Waals surface area contributed by atoms with E-state index in [0.717, 1.165) is 16.0 Å². The van der Waals surface area contributed by atoms with Gasteiger partial charge in [0.05, 0.1) is 16.8 Å². The van der Waals surface area contributed by atoms with Crippen LogP contribution in [0.2, 0.25) is 15.1 Å². The zero-order valence-corrected chi connectivity index (χ0v) is 27.5. The fraction of sp³-hybridized carbons (Fsp3) is 0.121. The van der Waals surface area contributed by atoms with Crippen LogP contribution in [-0.2, 0) is 22.8 Å². The molecule has 4 aromatic carbocycles. The molecule has 0 saturated carbocycles. The fourth-order valence-corrected chi connectivity index (χ4v) is 5.52. The lowest BCUT2D eigenvalue weighted by Gasteiger charge is -2.26. The van der Waals surface area contributed by atoms with Gasteiger partial charge in [0.2, 0.25) is 0 Å². The lowest BCUT2D eigenvalue weighted by atomic mass is 10.1. The first kappa shape index (κ1) is 32.4. The molecule has 0 bridgehead atoms. The summed E-state index contributed by atoms with van der Waals surface area (Å²) in [4.78, 5) is 39.9. The number of anilines is 1. The summed E-state index contributed by atoms with van der Waals surface area (Å²) in [6.07, 6.45) is 1.38.